The Labute approximate surface area is 302 Å². The number of hydrogen-bond acceptors (Lipinski definition) is 7. The molecule has 51 heavy (non-hydrogen) atoms. The zero-order valence-electron chi connectivity index (χ0n) is 30.7. The Balaban J connectivity index is 1.53. The Hall–Kier alpha value is -3.46. The Morgan fingerprint density at radius 1 is 1.02 bits per heavy atom. The Morgan fingerprint density at radius 2 is 1.73 bits per heavy atom. The van der Waals surface area contributed by atoms with Gasteiger partial charge in [-0.2, -0.15) is 12.7 Å². The molecule has 0 bridgehead atoms. The van der Waals surface area contributed by atoms with Crippen LogP contribution < -0.4 is 9.46 Å². The van der Waals surface area contributed by atoms with Crippen LogP contribution in [0.4, 0.5) is 0 Å². The molecule has 1 aromatic heterocycles. The van der Waals surface area contributed by atoms with Crippen molar-refractivity contribution in [3.05, 3.63) is 53.1 Å². The molecule has 2 aromatic carbocycles. The van der Waals surface area contributed by atoms with Crippen molar-refractivity contribution in [1.82, 2.24) is 22.8 Å². The predicted molar refractivity (Wildman–Crippen MR) is 199 cm³/mol. The number of aromatic nitrogens is 1. The van der Waals surface area contributed by atoms with Gasteiger partial charge in [0.2, 0.25) is 15.9 Å². The highest BCUT2D eigenvalue weighted by Gasteiger charge is 2.64. The van der Waals surface area contributed by atoms with Gasteiger partial charge in [0, 0.05) is 74.8 Å². The van der Waals surface area contributed by atoms with E-state index in [0.717, 1.165) is 57.7 Å². The highest BCUT2D eigenvalue weighted by molar-refractivity contribution is 7.88. The summed E-state index contributed by atoms with van der Waals surface area (Å²) in [5.74, 6) is 0.116. The van der Waals surface area contributed by atoms with E-state index in [-0.39, 0.29) is 35.9 Å². The fourth-order valence-electron chi connectivity index (χ4n) is 8.47. The summed E-state index contributed by atoms with van der Waals surface area (Å²) in [6, 6.07) is 11.2. The third-order valence-corrected chi connectivity index (χ3v) is 14.2. The third kappa shape index (κ3) is 6.68. The van der Waals surface area contributed by atoms with Crippen molar-refractivity contribution in [2.24, 2.45) is 5.41 Å². The van der Waals surface area contributed by atoms with E-state index in [1.54, 1.807) is 38.1 Å². The summed E-state index contributed by atoms with van der Waals surface area (Å²) < 4.78 is 62.7. The molecule has 0 saturated heterocycles. The molecule has 3 atom stereocenters. The normalized spacial score (nSPS) is 21.1. The lowest BCUT2D eigenvalue weighted by atomic mass is 9.81. The first kappa shape index (κ1) is 37.3. The molecular formula is C37H51N5O7S2. The maximum atomic E-state index is 14.9. The molecule has 3 aromatic rings. The van der Waals surface area contributed by atoms with E-state index >= 15 is 0 Å². The van der Waals surface area contributed by atoms with E-state index in [0.29, 0.717) is 31.7 Å². The maximum Gasteiger partial charge on any atom is 0.303 e. The van der Waals surface area contributed by atoms with Gasteiger partial charge in [0.1, 0.15) is 5.75 Å². The minimum Gasteiger partial charge on any atom is -0.497 e. The molecule has 1 aliphatic heterocycles. The largest absolute Gasteiger partial charge is 0.497 e. The molecule has 2 heterocycles. The van der Waals surface area contributed by atoms with Crippen molar-refractivity contribution >= 4 is 42.9 Å². The second-order valence-corrected chi connectivity index (χ2v) is 18.6. The summed E-state index contributed by atoms with van der Waals surface area (Å²) in [5.41, 5.74) is 4.50. The molecule has 278 valence electrons. The number of ether oxygens (including phenoxy) is 1. The molecule has 0 spiro atoms. The van der Waals surface area contributed by atoms with Gasteiger partial charge in [0.05, 0.1) is 24.5 Å². The first-order chi connectivity index (χ1) is 24.1. The summed E-state index contributed by atoms with van der Waals surface area (Å²) in [4.78, 5) is 30.1. The molecule has 3 aliphatic rings. The quantitative estimate of drug-likeness (QED) is 0.279. The van der Waals surface area contributed by atoms with Crippen molar-refractivity contribution in [2.45, 2.75) is 83.2 Å². The standard InChI is InChI=1S/C37H51N5O7S2/c1-8-26(22-41(9-2)50(7,45)46)40(5)36(44)37-21-31(37)30-20-27(49-6)16-18-28(30)34-33(24-13-11-10-12-14-24)29-17-15-25(19-32(29)42(34)23-37)35(43)38-51(47,48)39(3)4/h15-20,24,26,31H,8-14,21-23H2,1-7H3,(H,38,43)/t26-,31?,37?/m1/s1. The van der Waals surface area contributed by atoms with Crippen LogP contribution in [0.25, 0.3) is 22.2 Å². The van der Waals surface area contributed by atoms with E-state index < -0.39 is 31.6 Å². The minimum absolute atomic E-state index is 0.0439. The number of carbonyl (C=O) groups is 2. The van der Waals surface area contributed by atoms with E-state index in [9.17, 15) is 26.4 Å². The Morgan fingerprint density at radius 3 is 2.33 bits per heavy atom. The van der Waals surface area contributed by atoms with Crippen LogP contribution in [0.2, 0.25) is 0 Å². The zero-order valence-corrected chi connectivity index (χ0v) is 32.4. The van der Waals surface area contributed by atoms with Crippen molar-refractivity contribution in [1.29, 1.82) is 0 Å². The molecule has 1 N–H and O–H groups in total. The van der Waals surface area contributed by atoms with Crippen LogP contribution in [0.5, 0.6) is 5.75 Å². The Kier molecular flexibility index (Phi) is 10.1. The van der Waals surface area contributed by atoms with Gasteiger partial charge in [0.15, 0.2) is 0 Å². The summed E-state index contributed by atoms with van der Waals surface area (Å²) in [5, 5.41) is 0.999. The van der Waals surface area contributed by atoms with Gasteiger partial charge in [0.25, 0.3) is 5.91 Å². The lowest BCUT2D eigenvalue weighted by Crippen LogP contribution is -2.49. The SMILES string of the molecule is CC[C@H](CN(CC)S(C)(=O)=O)N(C)C(=O)C12CC1c1cc(OC)ccc1-c1c(C3CCCCC3)c3ccc(C(=O)NS(=O)(=O)N(C)C)cc3n1C2. The van der Waals surface area contributed by atoms with E-state index in [1.165, 1.54) is 36.6 Å². The first-order valence-corrected chi connectivity index (χ1v) is 21.2. The minimum atomic E-state index is -4.02. The monoisotopic (exact) mass is 741 g/mol. The molecule has 2 saturated carbocycles. The maximum absolute atomic E-state index is 14.9. The summed E-state index contributed by atoms with van der Waals surface area (Å²) in [7, 11) is -1.34. The number of benzene rings is 2. The van der Waals surface area contributed by atoms with Gasteiger partial charge in [-0.3, -0.25) is 9.59 Å². The van der Waals surface area contributed by atoms with Crippen molar-refractivity contribution < 1.29 is 31.2 Å². The molecule has 14 heteroatoms. The second-order valence-electron chi connectivity index (χ2n) is 14.7. The summed E-state index contributed by atoms with van der Waals surface area (Å²) in [6.45, 7) is 4.64. The number of carbonyl (C=O) groups excluding carboxylic acids is 2. The number of fused-ring (bicyclic) bond motifs is 7. The molecular weight excluding hydrogens is 691 g/mol. The van der Waals surface area contributed by atoms with Crippen LogP contribution in [0, 0.1) is 5.41 Å². The lowest BCUT2D eigenvalue weighted by Gasteiger charge is -2.34. The van der Waals surface area contributed by atoms with Crippen LogP contribution in [0.15, 0.2) is 36.4 Å². The van der Waals surface area contributed by atoms with Gasteiger partial charge in [-0.05, 0) is 73.1 Å². The van der Waals surface area contributed by atoms with Crippen LogP contribution >= 0.6 is 0 Å². The lowest BCUT2D eigenvalue weighted by molar-refractivity contribution is -0.138. The molecule has 2 aliphatic carbocycles. The van der Waals surface area contributed by atoms with Crippen molar-refractivity contribution in [2.75, 3.05) is 47.6 Å². The van der Waals surface area contributed by atoms with Crippen LogP contribution in [-0.4, -0.2) is 100 Å². The fraction of sp³-hybridized carbons (Fsp3) is 0.568. The van der Waals surface area contributed by atoms with Gasteiger partial charge in [-0.25, -0.2) is 17.4 Å². The first-order valence-electron chi connectivity index (χ1n) is 17.9. The smallest absolute Gasteiger partial charge is 0.303 e. The molecule has 12 nitrogen and oxygen atoms in total. The number of methoxy groups -OCH3 is 1. The number of hydrogen-bond donors (Lipinski definition) is 1. The van der Waals surface area contributed by atoms with Gasteiger partial charge in [-0.15, -0.1) is 0 Å². The second kappa shape index (κ2) is 13.8. The van der Waals surface area contributed by atoms with Crippen molar-refractivity contribution in [3.8, 4) is 17.0 Å². The predicted octanol–water partition coefficient (Wildman–Crippen LogP) is 4.91. The van der Waals surface area contributed by atoms with Crippen LogP contribution in [-0.2, 0) is 31.6 Å². The van der Waals surface area contributed by atoms with Crippen molar-refractivity contribution in [3.63, 3.8) is 0 Å². The summed E-state index contributed by atoms with van der Waals surface area (Å²) in [6.07, 6.45) is 7.86. The Bertz CT molecular complexity index is 2070. The molecule has 6 rings (SSSR count). The van der Waals surface area contributed by atoms with E-state index in [2.05, 4.69) is 21.4 Å². The van der Waals surface area contributed by atoms with Gasteiger partial charge >= 0.3 is 10.2 Å². The fourth-order valence-corrected chi connectivity index (χ4v) is 9.91. The van der Waals surface area contributed by atoms with Gasteiger partial charge < -0.3 is 14.2 Å². The van der Waals surface area contributed by atoms with Crippen LogP contribution in [0.3, 0.4) is 0 Å². The van der Waals surface area contributed by atoms with Gasteiger partial charge in [-0.1, -0.05) is 39.2 Å². The van der Waals surface area contributed by atoms with E-state index in [4.69, 9.17) is 4.74 Å². The third-order valence-electron chi connectivity index (χ3n) is 11.5. The molecule has 2 amide bonds. The number of likely N-dealkylation sites (N-methyl/N-ethyl adjacent to an activating group) is 2. The number of amides is 2. The van der Waals surface area contributed by atoms with E-state index in [1.807, 2.05) is 19.1 Å². The average molecular weight is 742 g/mol. The number of rotatable bonds is 12. The number of nitrogens with zero attached hydrogens (tertiary/aromatic N) is 4. The average Bonchev–Trinajstić information content (AvgIpc) is 3.77. The highest BCUT2D eigenvalue weighted by Crippen LogP contribution is 2.66. The highest BCUT2D eigenvalue weighted by atomic mass is 32.2. The van der Waals surface area contributed by atoms with Crippen LogP contribution in [0.1, 0.15) is 92.1 Å². The molecule has 2 fully saturated rings. The molecule has 0 radical (unpaired) electrons. The zero-order chi connectivity index (χ0) is 37.0. The number of nitrogens with one attached hydrogen (secondary N) is 1. The summed E-state index contributed by atoms with van der Waals surface area (Å²) >= 11 is 0. The molecule has 2 unspecified atom stereocenters. The topological polar surface area (TPSA) is 138 Å². The number of sulfonamides is 1.